The lowest BCUT2D eigenvalue weighted by Crippen LogP contribution is -2.07. The molecule has 156 valence electrons. The van der Waals surface area contributed by atoms with Crippen molar-refractivity contribution in [2.45, 2.75) is 6.92 Å². The molecular weight excluding hydrogens is 451 g/mol. The molecule has 1 heterocycles. The highest BCUT2D eigenvalue weighted by Gasteiger charge is 2.09. The molecule has 0 saturated carbocycles. The molecule has 0 unspecified atom stereocenters. The third-order valence-electron chi connectivity index (χ3n) is 4.60. The summed E-state index contributed by atoms with van der Waals surface area (Å²) in [6.45, 7) is 2.07. The number of hydrogen-bond acceptors (Lipinski definition) is 4. The van der Waals surface area contributed by atoms with E-state index in [4.69, 9.17) is 32.9 Å². The molecule has 1 aromatic heterocycles. The predicted molar refractivity (Wildman–Crippen MR) is 130 cm³/mol. The minimum Gasteiger partial charge on any atom is -0.495 e. The highest BCUT2D eigenvalue weighted by Crippen LogP contribution is 2.33. The van der Waals surface area contributed by atoms with Crippen LogP contribution in [0.1, 0.15) is 11.1 Å². The molecule has 0 aliphatic rings. The molecule has 0 aliphatic heterocycles. The molecule has 4 nitrogen and oxygen atoms in total. The van der Waals surface area contributed by atoms with Crippen molar-refractivity contribution in [3.8, 4) is 16.3 Å². The second-order valence-corrected chi connectivity index (χ2v) is 8.77. The van der Waals surface area contributed by atoms with Gasteiger partial charge < -0.3 is 10.1 Å². The summed E-state index contributed by atoms with van der Waals surface area (Å²) in [6, 6.07) is 17.1. The number of carbonyl (C=O) groups excluding carboxylic acids is 1. The fourth-order valence-electron chi connectivity index (χ4n) is 3.12. The summed E-state index contributed by atoms with van der Waals surface area (Å²) in [5.74, 6) is 0.187. The quantitative estimate of drug-likeness (QED) is 0.314. The van der Waals surface area contributed by atoms with Crippen LogP contribution in [0.15, 0.2) is 60.7 Å². The van der Waals surface area contributed by atoms with Crippen molar-refractivity contribution in [1.29, 1.82) is 0 Å². The minimum atomic E-state index is -0.277. The minimum absolute atomic E-state index is 0.277. The summed E-state index contributed by atoms with van der Waals surface area (Å²) in [6.07, 6.45) is 3.03. The fourth-order valence-corrected chi connectivity index (χ4v) is 4.78. The number of methoxy groups -OCH3 is 1. The van der Waals surface area contributed by atoms with E-state index in [9.17, 15) is 4.79 Å². The van der Waals surface area contributed by atoms with Crippen molar-refractivity contribution in [3.05, 3.63) is 81.8 Å². The summed E-state index contributed by atoms with van der Waals surface area (Å²) in [5.41, 5.74) is 4.52. The first kappa shape index (κ1) is 21.4. The van der Waals surface area contributed by atoms with E-state index in [1.54, 1.807) is 29.5 Å². The maximum absolute atomic E-state index is 12.3. The van der Waals surface area contributed by atoms with E-state index in [-0.39, 0.29) is 5.91 Å². The van der Waals surface area contributed by atoms with Gasteiger partial charge in [0.1, 0.15) is 10.8 Å². The summed E-state index contributed by atoms with van der Waals surface area (Å²) in [7, 11) is 1.51. The van der Waals surface area contributed by atoms with Gasteiger partial charge in [-0.15, -0.1) is 11.3 Å². The molecule has 0 bridgehead atoms. The number of aryl methyl sites for hydroxylation is 1. The largest absolute Gasteiger partial charge is 0.495 e. The normalized spacial score (nSPS) is 11.2. The van der Waals surface area contributed by atoms with Crippen molar-refractivity contribution in [3.63, 3.8) is 0 Å². The summed E-state index contributed by atoms with van der Waals surface area (Å²) in [5, 5.41) is 4.64. The second kappa shape index (κ2) is 9.10. The molecule has 7 heteroatoms. The molecule has 0 saturated heterocycles. The Hall–Kier alpha value is -2.86. The molecule has 4 rings (SSSR count). The number of ether oxygens (including phenoxy) is 1. The molecule has 0 radical (unpaired) electrons. The highest BCUT2D eigenvalue weighted by atomic mass is 35.5. The third kappa shape index (κ3) is 4.90. The molecule has 0 fully saturated rings. The van der Waals surface area contributed by atoms with Crippen LogP contribution in [0.5, 0.6) is 5.75 Å². The lowest BCUT2D eigenvalue weighted by Gasteiger charge is -2.08. The highest BCUT2D eigenvalue weighted by molar-refractivity contribution is 7.21. The van der Waals surface area contributed by atoms with Gasteiger partial charge >= 0.3 is 0 Å². The average molecular weight is 469 g/mol. The number of hydrogen-bond donors (Lipinski definition) is 1. The smallest absolute Gasteiger partial charge is 0.248 e. The van der Waals surface area contributed by atoms with Gasteiger partial charge in [0.25, 0.3) is 0 Å². The first-order valence-electron chi connectivity index (χ1n) is 9.42. The van der Waals surface area contributed by atoms with Gasteiger partial charge in [-0.25, -0.2) is 4.98 Å². The molecule has 1 N–H and O–H groups in total. The van der Waals surface area contributed by atoms with E-state index < -0.39 is 0 Å². The first-order valence-corrected chi connectivity index (χ1v) is 11.0. The summed E-state index contributed by atoms with van der Waals surface area (Å²) >= 11 is 13.8. The Balaban J connectivity index is 1.47. The zero-order chi connectivity index (χ0) is 22.0. The van der Waals surface area contributed by atoms with Gasteiger partial charge in [-0.05, 0) is 67.1 Å². The Morgan fingerprint density at radius 1 is 1.10 bits per heavy atom. The Labute approximate surface area is 194 Å². The number of anilines is 1. The molecule has 1 amide bonds. The lowest BCUT2D eigenvalue weighted by atomic mass is 10.1. The molecule has 31 heavy (non-hydrogen) atoms. The Kier molecular flexibility index (Phi) is 6.28. The number of carbonyl (C=O) groups is 1. The van der Waals surface area contributed by atoms with E-state index in [2.05, 4.69) is 24.4 Å². The van der Waals surface area contributed by atoms with Crippen molar-refractivity contribution in [2.24, 2.45) is 0 Å². The maximum Gasteiger partial charge on any atom is 0.248 e. The SMILES string of the molecule is COc1c(Cl)cc(Cl)cc1C=CC(=O)Nc1ccc(-c2nc3ccc(C)cc3s2)cc1. The van der Waals surface area contributed by atoms with Crippen LogP contribution in [-0.4, -0.2) is 18.0 Å². The van der Waals surface area contributed by atoms with Crippen LogP contribution in [0, 0.1) is 6.92 Å². The Morgan fingerprint density at radius 2 is 1.87 bits per heavy atom. The molecule has 4 aromatic rings. The fraction of sp³-hybridized carbons (Fsp3) is 0.0833. The van der Waals surface area contributed by atoms with Crippen molar-refractivity contribution in [2.75, 3.05) is 12.4 Å². The number of benzene rings is 3. The third-order valence-corrected chi connectivity index (χ3v) is 6.17. The van der Waals surface area contributed by atoms with Crippen LogP contribution in [0.3, 0.4) is 0 Å². The molecule has 3 aromatic carbocycles. The van der Waals surface area contributed by atoms with Crippen LogP contribution >= 0.6 is 34.5 Å². The van der Waals surface area contributed by atoms with Crippen LogP contribution < -0.4 is 10.1 Å². The maximum atomic E-state index is 12.3. The summed E-state index contributed by atoms with van der Waals surface area (Å²) in [4.78, 5) is 17.0. The Morgan fingerprint density at radius 3 is 2.61 bits per heavy atom. The number of nitrogens with zero attached hydrogens (tertiary/aromatic N) is 1. The predicted octanol–water partition coefficient (Wildman–Crippen LogP) is 7.24. The number of fused-ring (bicyclic) bond motifs is 1. The van der Waals surface area contributed by atoms with E-state index in [1.807, 2.05) is 30.3 Å². The first-order chi connectivity index (χ1) is 14.9. The molecule has 0 aliphatic carbocycles. The molecule has 0 spiro atoms. The van der Waals surface area contributed by atoms with Gasteiger partial charge in [-0.3, -0.25) is 4.79 Å². The topological polar surface area (TPSA) is 51.2 Å². The average Bonchev–Trinajstić information content (AvgIpc) is 3.15. The van der Waals surface area contributed by atoms with Crippen molar-refractivity contribution in [1.82, 2.24) is 4.98 Å². The van der Waals surface area contributed by atoms with Gasteiger partial charge in [0.05, 0.1) is 22.3 Å². The van der Waals surface area contributed by atoms with E-state index in [0.29, 0.717) is 27.0 Å². The van der Waals surface area contributed by atoms with Crippen LogP contribution in [-0.2, 0) is 4.79 Å². The van der Waals surface area contributed by atoms with E-state index in [1.165, 1.54) is 18.7 Å². The number of amides is 1. The number of aromatic nitrogens is 1. The number of rotatable bonds is 5. The standard InChI is InChI=1S/C24H18Cl2N2O2S/c1-14-3-9-20-21(11-14)31-24(28-20)15-4-7-18(8-5-15)27-22(29)10-6-16-12-17(25)13-19(26)23(16)30-2/h3-13H,1-2H3,(H,27,29). The Bertz CT molecular complexity index is 1300. The lowest BCUT2D eigenvalue weighted by molar-refractivity contribution is -0.111. The van der Waals surface area contributed by atoms with E-state index >= 15 is 0 Å². The van der Waals surface area contributed by atoms with Crippen molar-refractivity contribution < 1.29 is 9.53 Å². The van der Waals surface area contributed by atoms with Gasteiger partial charge in [0, 0.05) is 27.9 Å². The van der Waals surface area contributed by atoms with Crippen molar-refractivity contribution >= 4 is 62.4 Å². The number of nitrogens with one attached hydrogen (secondary N) is 1. The molecular formula is C24H18Cl2N2O2S. The number of halogens is 2. The van der Waals surface area contributed by atoms with Crippen LogP contribution in [0.4, 0.5) is 5.69 Å². The van der Waals surface area contributed by atoms with Gasteiger partial charge in [0.15, 0.2) is 0 Å². The summed E-state index contributed by atoms with van der Waals surface area (Å²) < 4.78 is 6.45. The zero-order valence-corrected chi connectivity index (χ0v) is 19.1. The molecule has 0 atom stereocenters. The van der Waals surface area contributed by atoms with E-state index in [0.717, 1.165) is 20.8 Å². The van der Waals surface area contributed by atoms with Gasteiger partial charge in [-0.1, -0.05) is 29.3 Å². The van der Waals surface area contributed by atoms with Crippen LogP contribution in [0.25, 0.3) is 26.9 Å². The zero-order valence-electron chi connectivity index (χ0n) is 16.8. The number of thiazole rings is 1. The van der Waals surface area contributed by atoms with Gasteiger partial charge in [0.2, 0.25) is 5.91 Å². The van der Waals surface area contributed by atoms with Crippen LogP contribution in [0.2, 0.25) is 10.0 Å². The second-order valence-electron chi connectivity index (χ2n) is 6.90. The monoisotopic (exact) mass is 468 g/mol. The van der Waals surface area contributed by atoms with Gasteiger partial charge in [-0.2, -0.15) is 0 Å².